The molecule has 0 atom stereocenters. The highest BCUT2D eigenvalue weighted by atomic mass is 16.5. The van der Waals surface area contributed by atoms with Crippen molar-refractivity contribution in [2.45, 2.75) is 26.2 Å². The molecule has 1 aromatic carbocycles. The molecule has 0 saturated carbocycles. The lowest BCUT2D eigenvalue weighted by Crippen LogP contribution is -2.32. The number of aromatic amines is 1. The standard InChI is InChI=1S/C20H26N4O4/c1-2-28-16-8-6-15(7-9-16)24-19(26)17(18(25)22-20(24)27)14-21-10-13-23-11-4-3-5-12-23/h6-9,14,26H,2-5,10-13H2,1H3,(H,22,25,27). The quantitative estimate of drug-likeness (QED) is 0.703. The summed E-state index contributed by atoms with van der Waals surface area (Å²) in [7, 11) is 0. The Bertz CT molecular complexity index is 925. The summed E-state index contributed by atoms with van der Waals surface area (Å²) in [5.74, 6) is 0.224. The van der Waals surface area contributed by atoms with Crippen LogP contribution in [0.15, 0.2) is 38.8 Å². The van der Waals surface area contributed by atoms with Gasteiger partial charge in [0.1, 0.15) is 11.3 Å². The van der Waals surface area contributed by atoms with Crippen molar-refractivity contribution in [3.8, 4) is 17.3 Å². The molecule has 0 radical (unpaired) electrons. The third kappa shape index (κ3) is 4.69. The SMILES string of the molecule is CCOc1ccc(-n2c(O)c(C=NCCN3CCCCC3)c(=O)[nH]c2=O)cc1. The Hall–Kier alpha value is -2.87. The van der Waals surface area contributed by atoms with Crippen molar-refractivity contribution in [1.29, 1.82) is 0 Å². The lowest BCUT2D eigenvalue weighted by atomic mass is 10.1. The van der Waals surface area contributed by atoms with Crippen molar-refractivity contribution in [1.82, 2.24) is 14.5 Å². The highest BCUT2D eigenvalue weighted by molar-refractivity contribution is 5.82. The molecule has 3 rings (SSSR count). The third-order valence-electron chi connectivity index (χ3n) is 4.74. The number of rotatable bonds is 7. The van der Waals surface area contributed by atoms with E-state index in [0.717, 1.165) is 24.2 Å². The average Bonchev–Trinajstić information content (AvgIpc) is 2.69. The van der Waals surface area contributed by atoms with E-state index in [4.69, 9.17) is 4.74 Å². The lowest BCUT2D eigenvalue weighted by Gasteiger charge is -2.25. The van der Waals surface area contributed by atoms with Gasteiger partial charge in [-0.1, -0.05) is 6.42 Å². The van der Waals surface area contributed by atoms with Crippen LogP contribution in [0.1, 0.15) is 31.7 Å². The molecule has 8 heteroatoms. The van der Waals surface area contributed by atoms with Gasteiger partial charge in [0.2, 0.25) is 5.88 Å². The number of hydrogen-bond acceptors (Lipinski definition) is 6. The van der Waals surface area contributed by atoms with E-state index in [1.54, 1.807) is 24.3 Å². The number of benzene rings is 1. The number of piperidine rings is 1. The van der Waals surface area contributed by atoms with Gasteiger partial charge in [0.05, 0.1) is 18.8 Å². The van der Waals surface area contributed by atoms with E-state index in [0.29, 0.717) is 24.6 Å². The van der Waals surface area contributed by atoms with Crippen LogP contribution in [0.3, 0.4) is 0 Å². The normalized spacial score (nSPS) is 15.2. The third-order valence-corrected chi connectivity index (χ3v) is 4.74. The highest BCUT2D eigenvalue weighted by Gasteiger charge is 2.14. The van der Waals surface area contributed by atoms with Gasteiger partial charge in [0.15, 0.2) is 0 Å². The smallest absolute Gasteiger partial charge is 0.335 e. The van der Waals surface area contributed by atoms with Gasteiger partial charge in [-0.15, -0.1) is 0 Å². The number of aromatic nitrogens is 2. The van der Waals surface area contributed by atoms with Crippen LogP contribution in [0.4, 0.5) is 0 Å². The fraction of sp³-hybridized carbons (Fsp3) is 0.450. The molecule has 150 valence electrons. The summed E-state index contributed by atoms with van der Waals surface area (Å²) in [4.78, 5) is 33.2. The summed E-state index contributed by atoms with van der Waals surface area (Å²) in [6.07, 6.45) is 5.02. The Labute approximate surface area is 163 Å². The second kappa shape index (κ2) is 9.36. The van der Waals surface area contributed by atoms with Crippen LogP contribution >= 0.6 is 0 Å². The maximum Gasteiger partial charge on any atom is 0.335 e. The molecule has 0 aliphatic carbocycles. The van der Waals surface area contributed by atoms with Crippen molar-refractivity contribution in [3.63, 3.8) is 0 Å². The van der Waals surface area contributed by atoms with Crippen LogP contribution in [-0.4, -0.2) is 58.6 Å². The van der Waals surface area contributed by atoms with Gasteiger partial charge in [-0.3, -0.25) is 14.8 Å². The molecule has 0 spiro atoms. The molecule has 1 aliphatic heterocycles. The number of aromatic hydroxyl groups is 1. The fourth-order valence-electron chi connectivity index (χ4n) is 3.29. The van der Waals surface area contributed by atoms with Crippen LogP contribution in [0.2, 0.25) is 0 Å². The summed E-state index contributed by atoms with van der Waals surface area (Å²) >= 11 is 0. The minimum absolute atomic E-state index is 0.0351. The van der Waals surface area contributed by atoms with E-state index < -0.39 is 17.1 Å². The summed E-state index contributed by atoms with van der Waals surface area (Å²) in [6.45, 7) is 5.90. The second-order valence-electron chi connectivity index (χ2n) is 6.70. The molecule has 0 unspecified atom stereocenters. The molecular weight excluding hydrogens is 360 g/mol. The molecule has 8 nitrogen and oxygen atoms in total. The fourth-order valence-corrected chi connectivity index (χ4v) is 3.29. The minimum atomic E-state index is -0.711. The van der Waals surface area contributed by atoms with E-state index in [9.17, 15) is 14.7 Å². The molecule has 1 aliphatic rings. The average molecular weight is 386 g/mol. The van der Waals surface area contributed by atoms with Gasteiger partial charge >= 0.3 is 5.69 Å². The van der Waals surface area contributed by atoms with Crippen LogP contribution < -0.4 is 16.0 Å². The van der Waals surface area contributed by atoms with E-state index in [1.807, 2.05) is 6.92 Å². The van der Waals surface area contributed by atoms with Gasteiger partial charge in [-0.05, 0) is 57.1 Å². The summed E-state index contributed by atoms with van der Waals surface area (Å²) < 4.78 is 6.43. The first-order valence-electron chi connectivity index (χ1n) is 9.64. The second-order valence-corrected chi connectivity index (χ2v) is 6.70. The zero-order chi connectivity index (χ0) is 19.9. The number of nitrogens with one attached hydrogen (secondary N) is 1. The van der Waals surface area contributed by atoms with Crippen LogP contribution in [-0.2, 0) is 0 Å². The monoisotopic (exact) mass is 386 g/mol. The first-order chi connectivity index (χ1) is 13.6. The molecular formula is C20H26N4O4. The number of nitrogens with zero attached hydrogens (tertiary/aromatic N) is 3. The van der Waals surface area contributed by atoms with E-state index >= 15 is 0 Å². The molecule has 28 heavy (non-hydrogen) atoms. The van der Waals surface area contributed by atoms with E-state index in [2.05, 4.69) is 14.9 Å². The van der Waals surface area contributed by atoms with Crippen molar-refractivity contribution >= 4 is 6.21 Å². The summed E-state index contributed by atoms with van der Waals surface area (Å²) in [6, 6.07) is 6.67. The van der Waals surface area contributed by atoms with Gasteiger partial charge < -0.3 is 14.7 Å². The maximum absolute atomic E-state index is 12.2. The number of aliphatic imine (C=N–C) groups is 1. The zero-order valence-corrected chi connectivity index (χ0v) is 16.1. The topological polar surface area (TPSA) is 99.9 Å². The molecule has 1 aromatic heterocycles. The van der Waals surface area contributed by atoms with Gasteiger partial charge in [0.25, 0.3) is 5.56 Å². The van der Waals surface area contributed by atoms with Gasteiger partial charge in [-0.2, -0.15) is 0 Å². The number of likely N-dealkylation sites (tertiary alicyclic amines) is 1. The molecule has 0 amide bonds. The molecule has 2 heterocycles. The molecule has 2 aromatic rings. The molecule has 2 N–H and O–H groups in total. The van der Waals surface area contributed by atoms with Gasteiger partial charge in [0, 0.05) is 12.8 Å². The van der Waals surface area contributed by atoms with Crippen molar-refractivity contribution in [2.24, 2.45) is 4.99 Å². The Morgan fingerprint density at radius 1 is 1.18 bits per heavy atom. The van der Waals surface area contributed by atoms with E-state index in [-0.39, 0.29) is 5.56 Å². The lowest BCUT2D eigenvalue weighted by molar-refractivity contribution is 0.235. The minimum Gasteiger partial charge on any atom is -0.494 e. The molecule has 1 saturated heterocycles. The van der Waals surface area contributed by atoms with Crippen LogP contribution in [0.5, 0.6) is 11.6 Å². The Morgan fingerprint density at radius 3 is 2.57 bits per heavy atom. The Balaban J connectivity index is 1.80. The van der Waals surface area contributed by atoms with Crippen molar-refractivity contribution < 1.29 is 9.84 Å². The molecule has 1 fully saturated rings. The van der Waals surface area contributed by atoms with Gasteiger partial charge in [-0.25, -0.2) is 9.36 Å². The number of hydrogen-bond donors (Lipinski definition) is 2. The largest absolute Gasteiger partial charge is 0.494 e. The van der Waals surface area contributed by atoms with Crippen LogP contribution in [0.25, 0.3) is 5.69 Å². The zero-order valence-electron chi connectivity index (χ0n) is 16.1. The number of ether oxygens (including phenoxy) is 1. The Kier molecular flexibility index (Phi) is 6.65. The predicted molar refractivity (Wildman–Crippen MR) is 108 cm³/mol. The number of H-pyrrole nitrogens is 1. The maximum atomic E-state index is 12.2. The first kappa shape index (κ1) is 19.9. The Morgan fingerprint density at radius 2 is 1.89 bits per heavy atom. The summed E-state index contributed by atoms with van der Waals surface area (Å²) in [5.41, 5.74) is -0.985. The molecule has 0 bridgehead atoms. The van der Waals surface area contributed by atoms with Crippen molar-refractivity contribution in [3.05, 3.63) is 50.7 Å². The first-order valence-corrected chi connectivity index (χ1v) is 9.64. The van der Waals surface area contributed by atoms with Crippen molar-refractivity contribution in [2.75, 3.05) is 32.8 Å². The highest BCUT2D eigenvalue weighted by Crippen LogP contribution is 2.19. The predicted octanol–water partition coefficient (Wildman–Crippen LogP) is 1.53. The van der Waals surface area contributed by atoms with Crippen LogP contribution in [0, 0.1) is 0 Å². The summed E-state index contributed by atoms with van der Waals surface area (Å²) in [5, 5.41) is 10.5. The van der Waals surface area contributed by atoms with E-state index in [1.165, 1.54) is 25.5 Å².